The first-order chi connectivity index (χ1) is 10.6. The van der Waals surface area contributed by atoms with Crippen molar-refractivity contribution in [1.82, 2.24) is 4.90 Å². The van der Waals surface area contributed by atoms with E-state index in [1.165, 1.54) is 0 Å². The van der Waals surface area contributed by atoms with Crippen molar-refractivity contribution in [3.63, 3.8) is 0 Å². The van der Waals surface area contributed by atoms with Crippen LogP contribution in [0.15, 0.2) is 54.6 Å². The van der Waals surface area contributed by atoms with Crippen LogP contribution >= 0.6 is 0 Å². The summed E-state index contributed by atoms with van der Waals surface area (Å²) < 4.78 is 5.69. The number of nitrogens with zero attached hydrogens (tertiary/aromatic N) is 1. The van der Waals surface area contributed by atoms with Gasteiger partial charge in [-0.2, -0.15) is 0 Å². The standard InChI is InChI=1S/C19H21NO2/c1-14-12-20(13-15(2)22-14)19(21)18-10-8-17(9-11-18)16-6-4-3-5-7-16/h3-11,14-15H,12-13H2,1-2H3. The second-order valence-electron chi connectivity index (χ2n) is 5.91. The quantitative estimate of drug-likeness (QED) is 0.847. The van der Waals surface area contributed by atoms with Gasteiger partial charge in [-0.1, -0.05) is 42.5 Å². The SMILES string of the molecule is CC1CN(C(=O)c2ccc(-c3ccccc3)cc2)CC(C)O1. The van der Waals surface area contributed by atoms with Gasteiger partial charge in [0.25, 0.3) is 5.91 Å². The molecule has 0 radical (unpaired) electrons. The van der Waals surface area contributed by atoms with Gasteiger partial charge in [0.1, 0.15) is 0 Å². The van der Waals surface area contributed by atoms with Gasteiger partial charge in [0.05, 0.1) is 12.2 Å². The summed E-state index contributed by atoms with van der Waals surface area (Å²) in [6.45, 7) is 5.33. The maximum absolute atomic E-state index is 12.6. The van der Waals surface area contributed by atoms with Gasteiger partial charge < -0.3 is 9.64 Å². The largest absolute Gasteiger partial charge is 0.372 e. The Labute approximate surface area is 131 Å². The zero-order valence-electron chi connectivity index (χ0n) is 13.0. The molecule has 3 heteroatoms. The van der Waals surface area contributed by atoms with Gasteiger partial charge in [-0.05, 0) is 37.1 Å². The molecule has 0 saturated carbocycles. The number of carbonyl (C=O) groups excluding carboxylic acids is 1. The Morgan fingerprint density at radius 1 is 0.909 bits per heavy atom. The average Bonchev–Trinajstić information content (AvgIpc) is 2.54. The lowest BCUT2D eigenvalue weighted by Gasteiger charge is -2.35. The first-order valence-corrected chi connectivity index (χ1v) is 7.73. The molecular weight excluding hydrogens is 274 g/mol. The van der Waals surface area contributed by atoms with Crippen LogP contribution < -0.4 is 0 Å². The van der Waals surface area contributed by atoms with Crippen LogP contribution in [0.4, 0.5) is 0 Å². The van der Waals surface area contributed by atoms with Gasteiger partial charge in [0.2, 0.25) is 0 Å². The van der Waals surface area contributed by atoms with Crippen molar-refractivity contribution in [2.75, 3.05) is 13.1 Å². The van der Waals surface area contributed by atoms with E-state index in [9.17, 15) is 4.79 Å². The van der Waals surface area contributed by atoms with Crippen molar-refractivity contribution in [3.8, 4) is 11.1 Å². The molecule has 0 aliphatic carbocycles. The van der Waals surface area contributed by atoms with Crippen LogP contribution in [-0.4, -0.2) is 36.1 Å². The minimum Gasteiger partial charge on any atom is -0.372 e. The van der Waals surface area contributed by atoms with Crippen molar-refractivity contribution in [2.45, 2.75) is 26.1 Å². The monoisotopic (exact) mass is 295 g/mol. The normalized spacial score (nSPS) is 21.6. The molecule has 0 bridgehead atoms. The van der Waals surface area contributed by atoms with Gasteiger partial charge in [-0.25, -0.2) is 0 Å². The van der Waals surface area contributed by atoms with Crippen LogP contribution in [0.1, 0.15) is 24.2 Å². The van der Waals surface area contributed by atoms with Crippen molar-refractivity contribution in [3.05, 3.63) is 60.2 Å². The number of morpholine rings is 1. The third-order valence-corrected chi connectivity index (χ3v) is 3.95. The molecule has 2 aromatic rings. The highest BCUT2D eigenvalue weighted by atomic mass is 16.5. The van der Waals surface area contributed by atoms with E-state index in [0.29, 0.717) is 13.1 Å². The van der Waals surface area contributed by atoms with E-state index in [1.54, 1.807) is 0 Å². The summed E-state index contributed by atoms with van der Waals surface area (Å²) in [5.74, 6) is 0.0848. The average molecular weight is 295 g/mol. The highest BCUT2D eigenvalue weighted by molar-refractivity contribution is 5.94. The summed E-state index contributed by atoms with van der Waals surface area (Å²) in [7, 11) is 0. The van der Waals surface area contributed by atoms with E-state index < -0.39 is 0 Å². The molecule has 114 valence electrons. The molecule has 22 heavy (non-hydrogen) atoms. The number of hydrogen-bond donors (Lipinski definition) is 0. The van der Waals surface area contributed by atoms with Crippen molar-refractivity contribution >= 4 is 5.91 Å². The van der Waals surface area contributed by atoms with Gasteiger partial charge in [-0.15, -0.1) is 0 Å². The number of benzene rings is 2. The molecular formula is C19H21NO2. The zero-order valence-corrected chi connectivity index (χ0v) is 13.0. The number of carbonyl (C=O) groups is 1. The Morgan fingerprint density at radius 2 is 1.45 bits per heavy atom. The molecule has 1 heterocycles. The van der Waals surface area contributed by atoms with E-state index in [2.05, 4.69) is 12.1 Å². The molecule has 2 atom stereocenters. The predicted molar refractivity (Wildman–Crippen MR) is 87.8 cm³/mol. The first-order valence-electron chi connectivity index (χ1n) is 7.73. The fourth-order valence-electron chi connectivity index (χ4n) is 2.96. The Kier molecular flexibility index (Phi) is 4.25. The third-order valence-electron chi connectivity index (χ3n) is 3.95. The van der Waals surface area contributed by atoms with E-state index in [4.69, 9.17) is 4.74 Å². The third kappa shape index (κ3) is 3.20. The highest BCUT2D eigenvalue weighted by Gasteiger charge is 2.26. The molecule has 1 saturated heterocycles. The lowest BCUT2D eigenvalue weighted by Crippen LogP contribution is -2.48. The molecule has 1 aliphatic rings. The number of hydrogen-bond acceptors (Lipinski definition) is 2. The summed E-state index contributed by atoms with van der Waals surface area (Å²) in [5, 5.41) is 0. The van der Waals surface area contributed by atoms with E-state index in [-0.39, 0.29) is 18.1 Å². The van der Waals surface area contributed by atoms with Crippen LogP contribution in [0.5, 0.6) is 0 Å². The summed E-state index contributed by atoms with van der Waals surface area (Å²) in [5.41, 5.74) is 3.02. The maximum atomic E-state index is 12.6. The highest BCUT2D eigenvalue weighted by Crippen LogP contribution is 2.20. The molecule has 1 amide bonds. The minimum atomic E-state index is 0.0848. The molecule has 2 aromatic carbocycles. The van der Waals surface area contributed by atoms with Crippen molar-refractivity contribution < 1.29 is 9.53 Å². The maximum Gasteiger partial charge on any atom is 0.254 e. The number of ether oxygens (including phenoxy) is 1. The van der Waals surface area contributed by atoms with E-state index in [1.807, 2.05) is 61.2 Å². The van der Waals surface area contributed by atoms with Gasteiger partial charge >= 0.3 is 0 Å². The van der Waals surface area contributed by atoms with Crippen molar-refractivity contribution in [2.24, 2.45) is 0 Å². The molecule has 0 aromatic heterocycles. The molecule has 2 unspecified atom stereocenters. The minimum absolute atomic E-state index is 0.0848. The van der Waals surface area contributed by atoms with Crippen molar-refractivity contribution in [1.29, 1.82) is 0 Å². The molecule has 1 aliphatic heterocycles. The number of rotatable bonds is 2. The summed E-state index contributed by atoms with van der Waals surface area (Å²) in [6.07, 6.45) is 0.188. The Bertz CT molecular complexity index is 626. The Balaban J connectivity index is 1.76. The van der Waals surface area contributed by atoms with Crippen LogP contribution in [0.3, 0.4) is 0 Å². The fourth-order valence-corrected chi connectivity index (χ4v) is 2.96. The second kappa shape index (κ2) is 6.32. The van der Waals surface area contributed by atoms with Crippen LogP contribution in [0.2, 0.25) is 0 Å². The summed E-state index contributed by atoms with van der Waals surface area (Å²) in [4.78, 5) is 14.5. The molecule has 0 N–H and O–H groups in total. The van der Waals surface area contributed by atoms with Crippen LogP contribution in [0.25, 0.3) is 11.1 Å². The smallest absolute Gasteiger partial charge is 0.254 e. The summed E-state index contributed by atoms with van der Waals surface area (Å²) in [6, 6.07) is 18.0. The predicted octanol–water partition coefficient (Wildman–Crippen LogP) is 3.60. The van der Waals surface area contributed by atoms with Gasteiger partial charge in [-0.3, -0.25) is 4.79 Å². The van der Waals surface area contributed by atoms with Gasteiger partial charge in [0, 0.05) is 18.7 Å². The molecule has 3 rings (SSSR count). The molecule has 0 spiro atoms. The first kappa shape index (κ1) is 14.8. The lowest BCUT2D eigenvalue weighted by molar-refractivity contribution is -0.0586. The Morgan fingerprint density at radius 3 is 2.05 bits per heavy atom. The molecule has 1 fully saturated rings. The zero-order chi connectivity index (χ0) is 15.5. The topological polar surface area (TPSA) is 29.5 Å². The molecule has 3 nitrogen and oxygen atoms in total. The van der Waals surface area contributed by atoms with Gasteiger partial charge in [0.15, 0.2) is 0 Å². The number of amides is 1. The fraction of sp³-hybridized carbons (Fsp3) is 0.316. The van der Waals surface area contributed by atoms with E-state index >= 15 is 0 Å². The Hall–Kier alpha value is -2.13. The van der Waals surface area contributed by atoms with E-state index in [0.717, 1.165) is 16.7 Å². The lowest BCUT2D eigenvalue weighted by atomic mass is 10.0. The van der Waals surface area contributed by atoms with Crippen LogP contribution in [-0.2, 0) is 4.74 Å². The second-order valence-corrected chi connectivity index (χ2v) is 5.91. The van der Waals surface area contributed by atoms with Crippen LogP contribution in [0, 0.1) is 0 Å². The summed E-state index contributed by atoms with van der Waals surface area (Å²) >= 11 is 0.